The van der Waals surface area contributed by atoms with Crippen molar-refractivity contribution in [3.63, 3.8) is 0 Å². The molecule has 21 heavy (non-hydrogen) atoms. The van der Waals surface area contributed by atoms with E-state index in [-0.39, 0.29) is 35.2 Å². The maximum atomic E-state index is 12.1. The lowest BCUT2D eigenvalue weighted by atomic mass is 10.1. The minimum absolute atomic E-state index is 0.0265. The van der Waals surface area contributed by atoms with Crippen molar-refractivity contribution >= 4 is 21.7 Å². The van der Waals surface area contributed by atoms with Gasteiger partial charge in [-0.25, -0.2) is 8.42 Å². The molecule has 2 saturated heterocycles. The van der Waals surface area contributed by atoms with Crippen LogP contribution in [0.3, 0.4) is 0 Å². The van der Waals surface area contributed by atoms with Crippen LogP contribution in [-0.4, -0.2) is 56.3 Å². The van der Waals surface area contributed by atoms with E-state index in [1.165, 1.54) is 12.8 Å². The molecule has 0 radical (unpaired) electrons. The van der Waals surface area contributed by atoms with E-state index in [4.69, 9.17) is 0 Å². The van der Waals surface area contributed by atoms with Gasteiger partial charge >= 0.3 is 0 Å². The molecule has 3 rings (SSSR count). The first-order chi connectivity index (χ1) is 9.93. The zero-order chi connectivity index (χ0) is 15.0. The van der Waals surface area contributed by atoms with Crippen LogP contribution in [0.25, 0.3) is 0 Å². The fraction of sp³-hybridized carbons (Fsp3) is 0.857. The van der Waals surface area contributed by atoms with Crippen molar-refractivity contribution in [1.82, 2.24) is 10.2 Å². The Morgan fingerprint density at radius 2 is 2.00 bits per heavy atom. The largest absolute Gasteiger partial charge is 0.355 e. The van der Waals surface area contributed by atoms with Gasteiger partial charge in [0, 0.05) is 26.1 Å². The molecule has 7 heteroatoms. The summed E-state index contributed by atoms with van der Waals surface area (Å²) in [6.45, 7) is 1.72. The maximum Gasteiger partial charge on any atom is 0.225 e. The Morgan fingerprint density at radius 1 is 1.24 bits per heavy atom. The second-order valence-electron chi connectivity index (χ2n) is 6.66. The van der Waals surface area contributed by atoms with Crippen LogP contribution in [0.15, 0.2) is 0 Å². The van der Waals surface area contributed by atoms with Crippen LogP contribution in [0.4, 0.5) is 0 Å². The molecule has 0 bridgehead atoms. The first-order valence-corrected chi connectivity index (χ1v) is 9.51. The third-order valence-electron chi connectivity index (χ3n) is 4.65. The predicted molar refractivity (Wildman–Crippen MR) is 77.2 cm³/mol. The number of hydrogen-bond donors (Lipinski definition) is 1. The van der Waals surface area contributed by atoms with Gasteiger partial charge in [-0.1, -0.05) is 0 Å². The Morgan fingerprint density at radius 3 is 2.62 bits per heavy atom. The van der Waals surface area contributed by atoms with Gasteiger partial charge in [0.15, 0.2) is 9.84 Å². The van der Waals surface area contributed by atoms with Gasteiger partial charge in [-0.15, -0.1) is 0 Å². The van der Waals surface area contributed by atoms with Gasteiger partial charge in [-0.2, -0.15) is 0 Å². The zero-order valence-electron chi connectivity index (χ0n) is 12.1. The molecule has 2 aliphatic heterocycles. The van der Waals surface area contributed by atoms with Crippen molar-refractivity contribution < 1.29 is 18.0 Å². The number of likely N-dealkylation sites (tertiary alicyclic amines) is 1. The maximum absolute atomic E-state index is 12.1. The molecule has 6 nitrogen and oxygen atoms in total. The normalized spacial score (nSPS) is 31.6. The van der Waals surface area contributed by atoms with Crippen LogP contribution in [0.2, 0.25) is 0 Å². The standard InChI is InChI=1S/C14H22N2O4S/c17-13-5-12(8-16(13)7-10-1-2-10)14(18)15-6-11-3-4-21(19,20)9-11/h10-12H,1-9H2,(H,15,18)/t11-,12-/m0/s1. The van der Waals surface area contributed by atoms with Gasteiger partial charge in [0.05, 0.1) is 17.4 Å². The summed E-state index contributed by atoms with van der Waals surface area (Å²) in [5.41, 5.74) is 0. The quantitative estimate of drug-likeness (QED) is 0.761. The molecule has 0 unspecified atom stereocenters. The summed E-state index contributed by atoms with van der Waals surface area (Å²) in [6.07, 6.45) is 3.30. The Balaban J connectivity index is 1.44. The molecule has 118 valence electrons. The van der Waals surface area contributed by atoms with E-state index >= 15 is 0 Å². The Bertz CT molecular complexity index is 541. The smallest absolute Gasteiger partial charge is 0.225 e. The average molecular weight is 314 g/mol. The van der Waals surface area contributed by atoms with Crippen LogP contribution in [0.5, 0.6) is 0 Å². The lowest BCUT2D eigenvalue weighted by Gasteiger charge is -2.16. The van der Waals surface area contributed by atoms with Crippen molar-refractivity contribution in [3.05, 3.63) is 0 Å². The number of amides is 2. The second kappa shape index (κ2) is 5.59. The molecule has 0 spiro atoms. The van der Waals surface area contributed by atoms with E-state index in [1.807, 2.05) is 4.90 Å². The number of carbonyl (C=O) groups excluding carboxylic acids is 2. The molecule has 2 atom stereocenters. The van der Waals surface area contributed by atoms with Gasteiger partial charge in [-0.3, -0.25) is 9.59 Å². The number of nitrogens with zero attached hydrogens (tertiary/aromatic N) is 1. The molecule has 0 aromatic carbocycles. The van der Waals surface area contributed by atoms with E-state index in [0.29, 0.717) is 31.8 Å². The molecule has 2 heterocycles. The van der Waals surface area contributed by atoms with Gasteiger partial charge in [0.25, 0.3) is 0 Å². The molecule has 0 aromatic heterocycles. The SMILES string of the molecule is O=C(NC[C@@H]1CCS(=O)(=O)C1)[C@H]1CC(=O)N(CC2CC2)C1. The average Bonchev–Trinajstić information content (AvgIpc) is 3.06. The molecular formula is C14H22N2O4S. The topological polar surface area (TPSA) is 83.5 Å². The third kappa shape index (κ3) is 3.75. The van der Waals surface area contributed by atoms with Gasteiger partial charge < -0.3 is 10.2 Å². The summed E-state index contributed by atoms with van der Waals surface area (Å²) in [7, 11) is -2.90. The predicted octanol–water partition coefficient (Wildman–Crippen LogP) is -0.204. The summed E-state index contributed by atoms with van der Waals surface area (Å²) in [6, 6.07) is 0. The molecule has 1 N–H and O–H groups in total. The van der Waals surface area contributed by atoms with Crippen molar-refractivity contribution in [3.8, 4) is 0 Å². The molecule has 3 fully saturated rings. The number of rotatable bonds is 5. The van der Waals surface area contributed by atoms with Crippen molar-refractivity contribution in [1.29, 1.82) is 0 Å². The van der Waals surface area contributed by atoms with Crippen LogP contribution in [0.1, 0.15) is 25.7 Å². The number of hydrogen-bond acceptors (Lipinski definition) is 4. The van der Waals surface area contributed by atoms with Gasteiger partial charge in [0.2, 0.25) is 11.8 Å². The van der Waals surface area contributed by atoms with E-state index in [9.17, 15) is 18.0 Å². The molecular weight excluding hydrogens is 292 g/mol. The fourth-order valence-corrected chi connectivity index (χ4v) is 5.02. The molecule has 1 aliphatic carbocycles. The molecule has 2 amide bonds. The second-order valence-corrected chi connectivity index (χ2v) is 8.89. The first-order valence-electron chi connectivity index (χ1n) is 7.69. The Labute approximate surface area is 125 Å². The van der Waals surface area contributed by atoms with E-state index < -0.39 is 9.84 Å². The van der Waals surface area contributed by atoms with Gasteiger partial charge in [-0.05, 0) is 31.1 Å². The van der Waals surface area contributed by atoms with E-state index in [2.05, 4.69) is 5.32 Å². The first kappa shape index (κ1) is 14.8. The highest BCUT2D eigenvalue weighted by atomic mass is 32.2. The summed E-state index contributed by atoms with van der Waals surface area (Å²) >= 11 is 0. The number of nitrogens with one attached hydrogen (secondary N) is 1. The zero-order valence-corrected chi connectivity index (χ0v) is 12.9. The van der Waals surface area contributed by atoms with Crippen molar-refractivity contribution in [2.75, 3.05) is 31.1 Å². The number of sulfone groups is 1. The van der Waals surface area contributed by atoms with Crippen LogP contribution in [0, 0.1) is 17.8 Å². The minimum atomic E-state index is -2.90. The lowest BCUT2D eigenvalue weighted by Crippen LogP contribution is -2.36. The third-order valence-corrected chi connectivity index (χ3v) is 6.49. The summed E-state index contributed by atoms with van der Waals surface area (Å²) in [5.74, 6) is 0.763. The van der Waals surface area contributed by atoms with E-state index in [1.54, 1.807) is 0 Å². The van der Waals surface area contributed by atoms with Gasteiger partial charge in [0.1, 0.15) is 0 Å². The van der Waals surface area contributed by atoms with Crippen molar-refractivity contribution in [2.45, 2.75) is 25.7 Å². The lowest BCUT2D eigenvalue weighted by molar-refractivity contribution is -0.129. The Hall–Kier alpha value is -1.11. The fourth-order valence-electron chi connectivity index (χ4n) is 3.16. The monoisotopic (exact) mass is 314 g/mol. The molecule has 3 aliphatic rings. The van der Waals surface area contributed by atoms with E-state index in [0.717, 1.165) is 6.54 Å². The highest BCUT2D eigenvalue weighted by Crippen LogP contribution is 2.32. The highest BCUT2D eigenvalue weighted by molar-refractivity contribution is 7.91. The summed E-state index contributed by atoms with van der Waals surface area (Å²) < 4.78 is 22.7. The summed E-state index contributed by atoms with van der Waals surface area (Å²) in [5, 5.41) is 2.83. The van der Waals surface area contributed by atoms with Crippen LogP contribution >= 0.6 is 0 Å². The van der Waals surface area contributed by atoms with Crippen LogP contribution < -0.4 is 5.32 Å². The molecule has 0 aromatic rings. The molecule has 1 saturated carbocycles. The number of carbonyl (C=O) groups is 2. The minimum Gasteiger partial charge on any atom is -0.355 e. The summed E-state index contributed by atoms with van der Waals surface area (Å²) in [4.78, 5) is 25.8. The Kier molecular flexibility index (Phi) is 3.94. The van der Waals surface area contributed by atoms with Crippen LogP contribution in [-0.2, 0) is 19.4 Å². The van der Waals surface area contributed by atoms with Crippen molar-refractivity contribution in [2.24, 2.45) is 17.8 Å². The highest BCUT2D eigenvalue weighted by Gasteiger charge is 2.37.